The molecule has 0 aromatic rings. The molecule has 0 aromatic heterocycles. The molecule has 76 valence electrons. The number of halogens is 1. The number of esters is 1. The van der Waals surface area contributed by atoms with E-state index < -0.39 is 0 Å². The van der Waals surface area contributed by atoms with Crippen LogP contribution in [0.3, 0.4) is 0 Å². The Morgan fingerprint density at radius 3 is 2.15 bits per heavy atom. The first-order chi connectivity index (χ1) is 5.72. The Morgan fingerprint density at radius 1 is 1.38 bits per heavy atom. The van der Waals surface area contributed by atoms with E-state index in [1.54, 1.807) is 0 Å². The van der Waals surface area contributed by atoms with Gasteiger partial charge in [-0.1, -0.05) is 26.8 Å². The van der Waals surface area contributed by atoms with Gasteiger partial charge in [0.2, 0.25) is 0 Å². The van der Waals surface area contributed by atoms with Gasteiger partial charge in [0.25, 0.3) is 0 Å². The highest BCUT2D eigenvalue weighted by Gasteiger charge is 2.14. The van der Waals surface area contributed by atoms with Crippen LogP contribution in [0.5, 0.6) is 0 Å². The van der Waals surface area contributed by atoms with Crippen LogP contribution in [0.15, 0.2) is 10.6 Å². The lowest BCUT2D eigenvalue weighted by molar-refractivity contribution is -0.141. The van der Waals surface area contributed by atoms with Gasteiger partial charge in [-0.15, -0.1) is 0 Å². The summed E-state index contributed by atoms with van der Waals surface area (Å²) in [7, 11) is 0. The van der Waals surface area contributed by atoms with Crippen LogP contribution in [0.25, 0.3) is 0 Å². The molecule has 0 radical (unpaired) electrons. The van der Waals surface area contributed by atoms with E-state index in [-0.39, 0.29) is 17.5 Å². The highest BCUT2D eigenvalue weighted by molar-refractivity contribution is 9.12. The summed E-state index contributed by atoms with van der Waals surface area (Å²) in [6.07, 6.45) is 1.77. The van der Waals surface area contributed by atoms with Gasteiger partial charge in [0.05, 0.1) is 10.6 Å². The molecule has 3 heteroatoms. The Kier molecular flexibility index (Phi) is 4.68. The Bertz CT molecular complexity index is 211. The molecular formula is C10H17BrO2. The molecule has 0 rings (SSSR count). The third kappa shape index (κ3) is 6.82. The van der Waals surface area contributed by atoms with Crippen molar-refractivity contribution in [3.8, 4) is 0 Å². The molecule has 0 spiro atoms. The predicted octanol–water partition coefficient (Wildman–Crippen LogP) is 3.26. The lowest BCUT2D eigenvalue weighted by Gasteiger charge is -2.13. The molecule has 0 N–H and O–H groups in total. The van der Waals surface area contributed by atoms with Crippen molar-refractivity contribution in [3.05, 3.63) is 10.6 Å². The Labute approximate surface area is 88.5 Å². The minimum Gasteiger partial charge on any atom is -0.459 e. The average Bonchev–Trinajstić information content (AvgIpc) is 1.81. The highest BCUT2D eigenvalue weighted by Crippen LogP contribution is 2.21. The second kappa shape index (κ2) is 4.80. The number of hydrogen-bond acceptors (Lipinski definition) is 2. The molecule has 0 saturated heterocycles. The van der Waals surface area contributed by atoms with Gasteiger partial charge < -0.3 is 4.74 Å². The number of hydrogen-bond donors (Lipinski definition) is 0. The Morgan fingerprint density at radius 2 is 1.85 bits per heavy atom. The normalized spacial score (nSPS) is 13.3. The van der Waals surface area contributed by atoms with Crippen LogP contribution in [0, 0.1) is 5.41 Å². The summed E-state index contributed by atoms with van der Waals surface area (Å²) in [5.74, 6) is -0.301. The van der Waals surface area contributed by atoms with Crippen molar-refractivity contribution < 1.29 is 9.53 Å². The zero-order chi connectivity index (χ0) is 10.6. The SMILES string of the molecule is CC(C)OC(=O)C(Br)=CC(C)(C)C. The number of rotatable bonds is 2. The first-order valence-corrected chi connectivity index (χ1v) is 5.11. The van der Waals surface area contributed by atoms with Crippen LogP contribution >= 0.6 is 15.9 Å². The van der Waals surface area contributed by atoms with E-state index in [4.69, 9.17) is 4.74 Å². The van der Waals surface area contributed by atoms with Crippen molar-refractivity contribution in [3.63, 3.8) is 0 Å². The van der Waals surface area contributed by atoms with Crippen LogP contribution in [0.1, 0.15) is 34.6 Å². The fraction of sp³-hybridized carbons (Fsp3) is 0.700. The van der Waals surface area contributed by atoms with E-state index in [9.17, 15) is 4.79 Å². The van der Waals surface area contributed by atoms with Gasteiger partial charge in [0.15, 0.2) is 0 Å². The lowest BCUT2D eigenvalue weighted by atomic mass is 9.96. The van der Waals surface area contributed by atoms with Crippen molar-refractivity contribution in [1.82, 2.24) is 0 Å². The lowest BCUT2D eigenvalue weighted by Crippen LogP contribution is -2.13. The zero-order valence-corrected chi connectivity index (χ0v) is 10.4. The molecule has 0 heterocycles. The number of carbonyl (C=O) groups excluding carboxylic acids is 1. The molecule has 0 atom stereocenters. The first kappa shape index (κ1) is 12.7. The number of ether oxygens (including phenoxy) is 1. The topological polar surface area (TPSA) is 26.3 Å². The van der Waals surface area contributed by atoms with Crippen LogP contribution in [-0.4, -0.2) is 12.1 Å². The third-order valence-corrected chi connectivity index (χ3v) is 1.65. The summed E-state index contributed by atoms with van der Waals surface area (Å²) in [6, 6.07) is 0. The van der Waals surface area contributed by atoms with Gasteiger partial charge in [-0.2, -0.15) is 0 Å². The molecular weight excluding hydrogens is 232 g/mol. The third-order valence-electron chi connectivity index (χ3n) is 1.10. The van der Waals surface area contributed by atoms with E-state index in [2.05, 4.69) is 15.9 Å². The molecule has 0 aromatic carbocycles. The van der Waals surface area contributed by atoms with Gasteiger partial charge in [-0.25, -0.2) is 4.79 Å². The minimum atomic E-state index is -0.301. The second-order valence-electron chi connectivity index (χ2n) is 4.31. The smallest absolute Gasteiger partial charge is 0.345 e. The number of carbonyl (C=O) groups is 1. The maximum atomic E-state index is 11.3. The number of allylic oxidation sites excluding steroid dienone is 1. The molecule has 0 fully saturated rings. The Hall–Kier alpha value is -0.310. The van der Waals surface area contributed by atoms with Crippen LogP contribution < -0.4 is 0 Å². The molecule has 0 unspecified atom stereocenters. The maximum Gasteiger partial charge on any atom is 0.345 e. The van der Waals surface area contributed by atoms with Crippen molar-refractivity contribution in [2.24, 2.45) is 5.41 Å². The van der Waals surface area contributed by atoms with Gasteiger partial charge in [-0.3, -0.25) is 0 Å². The van der Waals surface area contributed by atoms with E-state index >= 15 is 0 Å². The summed E-state index contributed by atoms with van der Waals surface area (Å²) >= 11 is 3.19. The molecule has 0 aliphatic carbocycles. The average molecular weight is 249 g/mol. The summed E-state index contributed by atoms with van der Waals surface area (Å²) in [5, 5.41) is 0. The van der Waals surface area contributed by atoms with Crippen LogP contribution in [0.2, 0.25) is 0 Å². The fourth-order valence-corrected chi connectivity index (χ4v) is 1.49. The standard InChI is InChI=1S/C10H17BrO2/c1-7(2)13-9(12)8(11)6-10(3,4)5/h6-7H,1-5H3. The van der Waals surface area contributed by atoms with E-state index in [0.717, 1.165) is 0 Å². The van der Waals surface area contributed by atoms with Crippen LogP contribution in [0.4, 0.5) is 0 Å². The molecule has 0 aliphatic rings. The first-order valence-electron chi connectivity index (χ1n) is 4.31. The summed E-state index contributed by atoms with van der Waals surface area (Å²) in [6.45, 7) is 9.73. The Balaban J connectivity index is 4.34. The van der Waals surface area contributed by atoms with Gasteiger partial charge >= 0.3 is 5.97 Å². The minimum absolute atomic E-state index is 0.0190. The fourth-order valence-electron chi connectivity index (χ4n) is 0.709. The van der Waals surface area contributed by atoms with E-state index in [1.165, 1.54) is 0 Å². The molecule has 0 bridgehead atoms. The predicted molar refractivity (Wildman–Crippen MR) is 57.7 cm³/mol. The molecule has 0 aliphatic heterocycles. The highest BCUT2D eigenvalue weighted by atomic mass is 79.9. The largest absolute Gasteiger partial charge is 0.459 e. The summed E-state index contributed by atoms with van der Waals surface area (Å²) < 4.78 is 5.50. The maximum absolute atomic E-state index is 11.3. The molecule has 0 saturated carbocycles. The van der Waals surface area contributed by atoms with Gasteiger partial charge in [0, 0.05) is 0 Å². The van der Waals surface area contributed by atoms with Gasteiger partial charge in [-0.05, 0) is 35.2 Å². The monoisotopic (exact) mass is 248 g/mol. The van der Waals surface area contributed by atoms with Crippen molar-refractivity contribution in [1.29, 1.82) is 0 Å². The zero-order valence-electron chi connectivity index (χ0n) is 8.85. The molecule has 13 heavy (non-hydrogen) atoms. The van der Waals surface area contributed by atoms with E-state index in [1.807, 2.05) is 40.7 Å². The quantitative estimate of drug-likeness (QED) is 0.554. The van der Waals surface area contributed by atoms with Gasteiger partial charge in [0.1, 0.15) is 0 Å². The molecule has 0 amide bonds. The summed E-state index contributed by atoms with van der Waals surface area (Å²) in [5.41, 5.74) is -0.0190. The summed E-state index contributed by atoms with van der Waals surface area (Å²) in [4.78, 5) is 11.3. The van der Waals surface area contributed by atoms with E-state index in [0.29, 0.717) is 4.48 Å². The van der Waals surface area contributed by atoms with Crippen LogP contribution in [-0.2, 0) is 9.53 Å². The molecule has 2 nitrogen and oxygen atoms in total. The van der Waals surface area contributed by atoms with Crippen molar-refractivity contribution in [2.75, 3.05) is 0 Å². The van der Waals surface area contributed by atoms with Crippen molar-refractivity contribution >= 4 is 21.9 Å². The second-order valence-corrected chi connectivity index (χ2v) is 5.17. The van der Waals surface area contributed by atoms with Crippen molar-refractivity contribution in [2.45, 2.75) is 40.7 Å².